The predicted octanol–water partition coefficient (Wildman–Crippen LogP) is 3.49. The highest BCUT2D eigenvalue weighted by molar-refractivity contribution is 5.96. The molecule has 0 aliphatic heterocycles. The summed E-state index contributed by atoms with van der Waals surface area (Å²) in [6.07, 6.45) is -0.602. The van der Waals surface area contributed by atoms with E-state index >= 15 is 0 Å². The fourth-order valence-electron chi connectivity index (χ4n) is 3.99. The number of nitrogens with one attached hydrogen (secondary N) is 1. The third kappa shape index (κ3) is 7.87. The molecule has 0 aromatic heterocycles. The van der Waals surface area contributed by atoms with Crippen LogP contribution in [-0.2, 0) is 24.2 Å². The number of amides is 2. The van der Waals surface area contributed by atoms with Gasteiger partial charge in [0.25, 0.3) is 5.91 Å². The minimum Gasteiger partial charge on any atom is -0.390 e. The zero-order valence-electron chi connectivity index (χ0n) is 20.8. The molecular formula is C28H29F4N3O3. The van der Waals surface area contributed by atoms with Gasteiger partial charge >= 0.3 is 0 Å². The Labute approximate surface area is 218 Å². The lowest BCUT2D eigenvalue weighted by molar-refractivity contribution is -0.132. The van der Waals surface area contributed by atoms with Crippen molar-refractivity contribution in [3.05, 3.63) is 106 Å². The van der Waals surface area contributed by atoms with Gasteiger partial charge < -0.3 is 21.1 Å². The van der Waals surface area contributed by atoms with Crippen molar-refractivity contribution in [2.75, 3.05) is 13.1 Å². The molecule has 3 aromatic rings. The molecule has 0 saturated carbocycles. The van der Waals surface area contributed by atoms with Gasteiger partial charge in [-0.15, -0.1) is 0 Å². The van der Waals surface area contributed by atoms with Gasteiger partial charge in [0.1, 0.15) is 28.8 Å². The van der Waals surface area contributed by atoms with E-state index in [1.165, 1.54) is 4.90 Å². The monoisotopic (exact) mass is 531 g/mol. The lowest BCUT2D eigenvalue weighted by Crippen LogP contribution is -2.48. The Morgan fingerprint density at radius 1 is 0.921 bits per heavy atom. The number of rotatable bonds is 11. The number of carbonyl (C=O) groups excluding carboxylic acids is 2. The number of halogens is 4. The van der Waals surface area contributed by atoms with Crippen molar-refractivity contribution in [3.63, 3.8) is 0 Å². The molecule has 0 unspecified atom stereocenters. The maximum atomic E-state index is 13.9. The molecule has 3 rings (SSSR count). The molecule has 6 nitrogen and oxygen atoms in total. The highest BCUT2D eigenvalue weighted by Gasteiger charge is 2.24. The summed E-state index contributed by atoms with van der Waals surface area (Å²) >= 11 is 0. The van der Waals surface area contributed by atoms with Crippen LogP contribution in [0.2, 0.25) is 0 Å². The van der Waals surface area contributed by atoms with Crippen LogP contribution in [0.1, 0.15) is 34.0 Å². The molecule has 0 bridgehead atoms. The van der Waals surface area contributed by atoms with E-state index in [-0.39, 0.29) is 25.1 Å². The van der Waals surface area contributed by atoms with Crippen molar-refractivity contribution in [2.45, 2.75) is 38.5 Å². The Kier molecular flexibility index (Phi) is 9.98. The summed E-state index contributed by atoms with van der Waals surface area (Å²) in [6, 6.07) is 12.3. The third-order valence-electron chi connectivity index (χ3n) is 6.01. The van der Waals surface area contributed by atoms with Crippen LogP contribution in [0.3, 0.4) is 0 Å². The summed E-state index contributed by atoms with van der Waals surface area (Å²) in [7, 11) is 0. The molecule has 202 valence electrons. The number of nitrogens with zero attached hydrogens (tertiary/aromatic N) is 1. The summed E-state index contributed by atoms with van der Waals surface area (Å²) in [4.78, 5) is 26.7. The van der Waals surface area contributed by atoms with Crippen LogP contribution in [0.25, 0.3) is 0 Å². The smallest absolute Gasteiger partial charge is 0.257 e. The van der Waals surface area contributed by atoms with E-state index in [1.54, 1.807) is 6.07 Å². The van der Waals surface area contributed by atoms with Crippen molar-refractivity contribution < 1.29 is 32.3 Å². The van der Waals surface area contributed by atoms with E-state index in [4.69, 9.17) is 5.73 Å². The number of hydrogen-bond acceptors (Lipinski definition) is 4. The first-order valence-corrected chi connectivity index (χ1v) is 12.0. The van der Waals surface area contributed by atoms with Crippen molar-refractivity contribution in [2.24, 2.45) is 5.73 Å². The molecule has 38 heavy (non-hydrogen) atoms. The van der Waals surface area contributed by atoms with Gasteiger partial charge in [-0.3, -0.25) is 9.59 Å². The van der Waals surface area contributed by atoms with Gasteiger partial charge in [-0.25, -0.2) is 17.6 Å². The molecule has 0 fully saturated rings. The second kappa shape index (κ2) is 13.2. The normalized spacial score (nSPS) is 12.6. The van der Waals surface area contributed by atoms with Crippen LogP contribution in [0.4, 0.5) is 17.6 Å². The van der Waals surface area contributed by atoms with E-state index < -0.39 is 59.3 Å². The van der Waals surface area contributed by atoms with Crippen molar-refractivity contribution in [1.29, 1.82) is 0 Å². The molecule has 4 N–H and O–H groups in total. The summed E-state index contributed by atoms with van der Waals surface area (Å²) in [6.45, 7) is 1.15. The fourth-order valence-corrected chi connectivity index (χ4v) is 3.99. The minimum absolute atomic E-state index is 0.0506. The molecule has 0 radical (unpaired) electrons. The summed E-state index contributed by atoms with van der Waals surface area (Å²) in [5.74, 6) is -5.45. The molecule has 3 aromatic carbocycles. The van der Waals surface area contributed by atoms with Crippen LogP contribution in [0.15, 0.2) is 60.7 Å². The largest absolute Gasteiger partial charge is 0.390 e. The van der Waals surface area contributed by atoms with Crippen molar-refractivity contribution in [1.82, 2.24) is 10.2 Å². The van der Waals surface area contributed by atoms with E-state index in [1.807, 2.05) is 25.1 Å². The molecule has 0 saturated heterocycles. The van der Waals surface area contributed by atoms with Crippen LogP contribution in [-0.4, -0.2) is 47.1 Å². The second-order valence-corrected chi connectivity index (χ2v) is 8.94. The minimum atomic E-state index is -1.29. The topological polar surface area (TPSA) is 95.7 Å². The maximum absolute atomic E-state index is 13.9. The maximum Gasteiger partial charge on any atom is 0.257 e. The van der Waals surface area contributed by atoms with E-state index in [2.05, 4.69) is 5.32 Å². The molecule has 0 aliphatic carbocycles. The zero-order valence-corrected chi connectivity index (χ0v) is 20.8. The quantitative estimate of drug-likeness (QED) is 0.330. The lowest BCUT2D eigenvalue weighted by Gasteiger charge is -2.28. The summed E-state index contributed by atoms with van der Waals surface area (Å²) in [5, 5.41) is 13.0. The first-order chi connectivity index (χ1) is 18.1. The average molecular weight is 532 g/mol. The number of aliphatic hydroxyl groups is 1. The molecule has 2 atom stereocenters. The Morgan fingerprint density at radius 3 is 2.16 bits per heavy atom. The average Bonchev–Trinajstić information content (AvgIpc) is 2.86. The van der Waals surface area contributed by atoms with Gasteiger partial charge in [0.05, 0.1) is 12.6 Å². The molecule has 0 heterocycles. The standard InChI is InChI=1S/C28H29F4N3O3/c1-2-17-5-3-6-18(9-17)15-35(16-25(36)24(33)12-19-10-20(29)13-21(30)11-19)26(37)14-34-28(38)27-22(31)7-4-8-23(27)32/h3-11,13,24-25,36H,2,12,14-16,33H2,1H3,(H,34,38)/t24-,25+/m0/s1. The van der Waals surface area contributed by atoms with Gasteiger partial charge in [-0.05, 0) is 53.8 Å². The number of nitrogens with two attached hydrogens (primary N) is 1. The highest BCUT2D eigenvalue weighted by Crippen LogP contribution is 2.15. The Bertz CT molecular complexity index is 1250. The molecule has 0 spiro atoms. The first-order valence-electron chi connectivity index (χ1n) is 12.0. The highest BCUT2D eigenvalue weighted by atomic mass is 19.1. The third-order valence-corrected chi connectivity index (χ3v) is 6.01. The van der Waals surface area contributed by atoms with E-state index in [0.717, 1.165) is 53.9 Å². The molecule has 0 aliphatic rings. The van der Waals surface area contributed by atoms with Crippen molar-refractivity contribution >= 4 is 11.8 Å². The molecule has 2 amide bonds. The number of benzene rings is 3. The first kappa shape index (κ1) is 28.8. The van der Waals surface area contributed by atoms with Gasteiger partial charge in [-0.2, -0.15) is 0 Å². The Balaban J connectivity index is 1.74. The predicted molar refractivity (Wildman–Crippen MR) is 134 cm³/mol. The molecular weight excluding hydrogens is 502 g/mol. The van der Waals surface area contributed by atoms with Crippen LogP contribution in [0.5, 0.6) is 0 Å². The summed E-state index contributed by atoms with van der Waals surface area (Å²) in [5.41, 5.74) is 7.27. The van der Waals surface area contributed by atoms with Gasteiger partial charge in [0.2, 0.25) is 5.91 Å². The number of carbonyl (C=O) groups is 2. The number of hydrogen-bond donors (Lipinski definition) is 3. The van der Waals surface area contributed by atoms with E-state index in [9.17, 15) is 32.3 Å². The van der Waals surface area contributed by atoms with E-state index in [0.29, 0.717) is 0 Å². The molecule has 10 heteroatoms. The summed E-state index contributed by atoms with van der Waals surface area (Å²) < 4.78 is 55.0. The van der Waals surface area contributed by atoms with Crippen LogP contribution >= 0.6 is 0 Å². The second-order valence-electron chi connectivity index (χ2n) is 8.94. The van der Waals surface area contributed by atoms with Gasteiger partial charge in [0, 0.05) is 25.2 Å². The van der Waals surface area contributed by atoms with Crippen molar-refractivity contribution in [3.8, 4) is 0 Å². The fraction of sp³-hybridized carbons (Fsp3) is 0.286. The van der Waals surface area contributed by atoms with Gasteiger partial charge in [0.15, 0.2) is 0 Å². The zero-order chi connectivity index (χ0) is 27.8. The SMILES string of the molecule is CCc1cccc(CN(C[C@@H](O)[C@@H](N)Cc2cc(F)cc(F)c2)C(=O)CNC(=O)c2c(F)cccc2F)c1. The van der Waals surface area contributed by atoms with Crippen LogP contribution < -0.4 is 11.1 Å². The van der Waals surface area contributed by atoms with Crippen LogP contribution in [0, 0.1) is 23.3 Å². The van der Waals surface area contributed by atoms with Gasteiger partial charge in [-0.1, -0.05) is 37.3 Å². The Hall–Kier alpha value is -3.76. The Morgan fingerprint density at radius 2 is 1.53 bits per heavy atom. The number of aryl methyl sites for hydroxylation is 1. The lowest BCUT2D eigenvalue weighted by atomic mass is 10.0. The number of aliphatic hydroxyl groups excluding tert-OH is 1.